The van der Waals surface area contributed by atoms with Crippen molar-refractivity contribution in [2.45, 2.75) is 43.5 Å². The Morgan fingerprint density at radius 3 is 2.15 bits per heavy atom. The van der Waals surface area contributed by atoms with Gasteiger partial charge < -0.3 is 14.6 Å². The summed E-state index contributed by atoms with van der Waals surface area (Å²) < 4.78 is 11.1. The van der Waals surface area contributed by atoms with Crippen LogP contribution in [0.3, 0.4) is 0 Å². The van der Waals surface area contributed by atoms with Crippen molar-refractivity contribution < 1.29 is 24.2 Å². The fourth-order valence-corrected chi connectivity index (χ4v) is 4.87. The summed E-state index contributed by atoms with van der Waals surface area (Å²) in [6, 6.07) is 23.5. The van der Waals surface area contributed by atoms with Crippen LogP contribution in [0.15, 0.2) is 78.9 Å². The maximum absolute atomic E-state index is 13.7. The molecule has 1 atom stereocenters. The van der Waals surface area contributed by atoms with Gasteiger partial charge in [-0.05, 0) is 29.5 Å². The summed E-state index contributed by atoms with van der Waals surface area (Å²) >= 11 is 0. The molecule has 0 spiro atoms. The van der Waals surface area contributed by atoms with Gasteiger partial charge in [0.1, 0.15) is 0 Å². The predicted octanol–water partition coefficient (Wildman–Crippen LogP) is 5.36. The molecule has 0 radical (unpaired) electrons. The van der Waals surface area contributed by atoms with Crippen molar-refractivity contribution in [1.82, 2.24) is 0 Å². The Kier molecular flexibility index (Phi) is 6.72. The quantitative estimate of drug-likeness (QED) is 0.288. The molecule has 0 aliphatic heterocycles. The molecular weight excluding hydrogens is 416 g/mol. The van der Waals surface area contributed by atoms with Crippen molar-refractivity contribution in [1.29, 1.82) is 0 Å². The maximum Gasteiger partial charge on any atom is 0.305 e. The zero-order valence-electron chi connectivity index (χ0n) is 18.7. The van der Waals surface area contributed by atoms with Gasteiger partial charge in [-0.2, -0.15) is 0 Å². The molecule has 3 aromatic rings. The van der Waals surface area contributed by atoms with Gasteiger partial charge in [-0.3, -0.25) is 9.59 Å². The first-order valence-corrected chi connectivity index (χ1v) is 11.2. The standard InChI is InChI=1S/C28H28O5/c1-32-28(33-20-29,26(30)21-12-4-2-5-13-21)25-17-9-7-15-23(25)22-14-6-8-16-24(22)27(31)18-10-3-11-19-27/h2,4-9,12-17,20,31H,3,10-11,18-19H2,1H3. The Hall–Kier alpha value is -3.28. The molecule has 0 heterocycles. The highest BCUT2D eigenvalue weighted by atomic mass is 16.7. The first kappa shape index (κ1) is 22.9. The molecule has 0 aromatic heterocycles. The third-order valence-corrected chi connectivity index (χ3v) is 6.52. The second-order valence-electron chi connectivity index (χ2n) is 8.41. The molecule has 33 heavy (non-hydrogen) atoms. The molecule has 170 valence electrons. The van der Waals surface area contributed by atoms with Gasteiger partial charge in [-0.25, -0.2) is 0 Å². The van der Waals surface area contributed by atoms with Gasteiger partial charge in [0.05, 0.1) is 5.60 Å². The van der Waals surface area contributed by atoms with Gasteiger partial charge in [-0.1, -0.05) is 98.1 Å². The molecule has 0 bridgehead atoms. The summed E-state index contributed by atoms with van der Waals surface area (Å²) in [6.07, 6.45) is 4.36. The van der Waals surface area contributed by atoms with Gasteiger partial charge in [0.25, 0.3) is 6.47 Å². The Labute approximate surface area is 194 Å². The van der Waals surface area contributed by atoms with E-state index < -0.39 is 17.2 Å². The van der Waals surface area contributed by atoms with E-state index in [-0.39, 0.29) is 6.47 Å². The lowest BCUT2D eigenvalue weighted by Crippen LogP contribution is -2.41. The summed E-state index contributed by atoms with van der Waals surface area (Å²) in [5, 5.41) is 11.5. The molecular formula is C28H28O5. The predicted molar refractivity (Wildman–Crippen MR) is 125 cm³/mol. The van der Waals surface area contributed by atoms with Gasteiger partial charge in [0.15, 0.2) is 0 Å². The monoisotopic (exact) mass is 444 g/mol. The highest BCUT2D eigenvalue weighted by molar-refractivity contribution is 6.03. The van der Waals surface area contributed by atoms with Crippen LogP contribution < -0.4 is 0 Å². The van der Waals surface area contributed by atoms with Crippen LogP contribution in [0.2, 0.25) is 0 Å². The minimum Gasteiger partial charge on any atom is -0.423 e. The number of aliphatic hydroxyl groups is 1. The van der Waals surface area contributed by atoms with E-state index in [2.05, 4.69) is 0 Å². The fourth-order valence-electron chi connectivity index (χ4n) is 4.87. The van der Waals surface area contributed by atoms with E-state index in [9.17, 15) is 14.7 Å². The van der Waals surface area contributed by atoms with Crippen LogP contribution in [-0.2, 0) is 25.7 Å². The molecule has 0 saturated heterocycles. The van der Waals surface area contributed by atoms with E-state index in [1.165, 1.54) is 7.11 Å². The summed E-state index contributed by atoms with van der Waals surface area (Å²) in [7, 11) is 1.35. The Bertz CT molecular complexity index is 1120. The normalized spacial score (nSPS) is 17.0. The number of rotatable bonds is 8. The van der Waals surface area contributed by atoms with Gasteiger partial charge in [0, 0.05) is 18.2 Å². The molecule has 1 fully saturated rings. The number of benzene rings is 3. The average Bonchev–Trinajstić information content (AvgIpc) is 2.88. The largest absolute Gasteiger partial charge is 0.423 e. The van der Waals surface area contributed by atoms with Crippen LogP contribution in [0.4, 0.5) is 0 Å². The number of carbonyl (C=O) groups excluding carboxylic acids is 2. The van der Waals surface area contributed by atoms with Gasteiger partial charge >= 0.3 is 5.79 Å². The number of methoxy groups -OCH3 is 1. The lowest BCUT2D eigenvalue weighted by molar-refractivity contribution is -0.190. The maximum atomic E-state index is 13.7. The SMILES string of the molecule is COC(OC=O)(C(=O)c1ccccc1)c1ccccc1-c1ccccc1C1(O)CCCCC1. The van der Waals surface area contributed by atoms with Crippen molar-refractivity contribution in [3.05, 3.63) is 95.6 Å². The lowest BCUT2D eigenvalue weighted by atomic mass is 9.76. The highest BCUT2D eigenvalue weighted by Gasteiger charge is 2.46. The third kappa shape index (κ3) is 4.22. The molecule has 3 aromatic carbocycles. The van der Waals surface area contributed by atoms with E-state index >= 15 is 0 Å². The van der Waals surface area contributed by atoms with E-state index in [0.29, 0.717) is 29.5 Å². The van der Waals surface area contributed by atoms with E-state index in [1.807, 2.05) is 36.4 Å². The zero-order valence-corrected chi connectivity index (χ0v) is 18.7. The topological polar surface area (TPSA) is 72.8 Å². The Morgan fingerprint density at radius 2 is 1.48 bits per heavy atom. The smallest absolute Gasteiger partial charge is 0.305 e. The van der Waals surface area contributed by atoms with E-state index in [0.717, 1.165) is 30.4 Å². The lowest BCUT2D eigenvalue weighted by Gasteiger charge is -2.35. The van der Waals surface area contributed by atoms with Crippen molar-refractivity contribution in [2.75, 3.05) is 7.11 Å². The van der Waals surface area contributed by atoms with Crippen molar-refractivity contribution in [2.24, 2.45) is 0 Å². The van der Waals surface area contributed by atoms with Crippen LogP contribution in [0, 0.1) is 0 Å². The minimum atomic E-state index is -1.97. The average molecular weight is 445 g/mol. The molecule has 1 saturated carbocycles. The molecule has 0 amide bonds. The third-order valence-electron chi connectivity index (χ3n) is 6.52. The number of ether oxygens (including phenoxy) is 2. The van der Waals surface area contributed by atoms with Crippen molar-refractivity contribution >= 4 is 12.3 Å². The second-order valence-corrected chi connectivity index (χ2v) is 8.41. The Balaban J connectivity index is 1.92. The molecule has 1 unspecified atom stereocenters. The molecule has 5 nitrogen and oxygen atoms in total. The first-order valence-electron chi connectivity index (χ1n) is 11.2. The summed E-state index contributed by atoms with van der Waals surface area (Å²) in [4.78, 5) is 25.3. The summed E-state index contributed by atoms with van der Waals surface area (Å²) in [6.45, 7) is 0.238. The van der Waals surface area contributed by atoms with Crippen molar-refractivity contribution in [3.63, 3.8) is 0 Å². The molecule has 1 aliphatic rings. The number of ketones is 1. The summed E-state index contributed by atoms with van der Waals surface area (Å²) in [5.74, 6) is -2.46. The molecule has 1 N–H and O–H groups in total. The van der Waals surface area contributed by atoms with Gasteiger partial charge in [-0.15, -0.1) is 0 Å². The Morgan fingerprint density at radius 1 is 0.879 bits per heavy atom. The zero-order chi connectivity index (χ0) is 23.3. The number of Topliss-reactive ketones (excluding diaryl/α,β-unsaturated/α-hetero) is 1. The van der Waals surface area contributed by atoms with Crippen LogP contribution in [0.1, 0.15) is 53.6 Å². The second kappa shape index (κ2) is 9.69. The number of carbonyl (C=O) groups is 2. The van der Waals surface area contributed by atoms with Crippen molar-refractivity contribution in [3.8, 4) is 11.1 Å². The van der Waals surface area contributed by atoms with E-state index in [4.69, 9.17) is 9.47 Å². The molecule has 4 rings (SSSR count). The number of hydrogen-bond donors (Lipinski definition) is 1. The van der Waals surface area contributed by atoms with Crippen LogP contribution in [-0.4, -0.2) is 24.5 Å². The van der Waals surface area contributed by atoms with Crippen LogP contribution >= 0.6 is 0 Å². The number of hydrogen-bond acceptors (Lipinski definition) is 5. The van der Waals surface area contributed by atoms with Crippen LogP contribution in [0.5, 0.6) is 0 Å². The van der Waals surface area contributed by atoms with E-state index in [1.54, 1.807) is 42.5 Å². The van der Waals surface area contributed by atoms with Crippen LogP contribution in [0.25, 0.3) is 11.1 Å². The van der Waals surface area contributed by atoms with Gasteiger partial charge in [0.2, 0.25) is 5.78 Å². The summed E-state index contributed by atoms with van der Waals surface area (Å²) in [5.41, 5.74) is 2.07. The molecule has 1 aliphatic carbocycles. The first-order chi connectivity index (χ1) is 16.1. The minimum absolute atomic E-state index is 0.238. The molecule has 5 heteroatoms. The highest BCUT2D eigenvalue weighted by Crippen LogP contribution is 2.44. The fraction of sp³-hybridized carbons (Fsp3) is 0.286.